The zero-order valence-corrected chi connectivity index (χ0v) is 53.8. The predicted molar refractivity (Wildman–Crippen MR) is 353 cm³/mol. The number of hydrogen-bond donors (Lipinski definition) is 0. The third-order valence-electron chi connectivity index (χ3n) is 15.4. The van der Waals surface area contributed by atoms with Crippen LogP contribution < -0.4 is 0 Å². The highest BCUT2D eigenvalue weighted by Gasteiger charge is 2.19. The van der Waals surface area contributed by atoms with Crippen molar-refractivity contribution in [1.82, 2.24) is 0 Å². The highest BCUT2D eigenvalue weighted by atomic mass is 16.6. The summed E-state index contributed by atoms with van der Waals surface area (Å²) in [5.41, 5.74) is 0. The molecule has 0 bridgehead atoms. The fourth-order valence-electron chi connectivity index (χ4n) is 10.2. The van der Waals surface area contributed by atoms with E-state index >= 15 is 0 Å². The number of rotatable bonds is 64. The Labute approximate surface area is 503 Å². The molecule has 0 aliphatic heterocycles. The molecule has 0 rings (SSSR count). The van der Waals surface area contributed by atoms with E-state index in [2.05, 4.69) is 106 Å². The van der Waals surface area contributed by atoms with Crippen LogP contribution in [0.15, 0.2) is 85.1 Å². The molecule has 0 N–H and O–H groups in total. The van der Waals surface area contributed by atoms with Crippen LogP contribution in [0, 0.1) is 0 Å². The third kappa shape index (κ3) is 67.3. The Kier molecular flexibility index (Phi) is 66.2. The van der Waals surface area contributed by atoms with Crippen molar-refractivity contribution in [3.63, 3.8) is 0 Å². The van der Waals surface area contributed by atoms with E-state index in [0.717, 1.165) is 96.3 Å². The fourth-order valence-corrected chi connectivity index (χ4v) is 10.2. The molecule has 0 aliphatic rings. The minimum absolute atomic E-state index is 0.0740. The van der Waals surface area contributed by atoms with Gasteiger partial charge in [-0.3, -0.25) is 14.4 Å². The number of hydrogen-bond acceptors (Lipinski definition) is 6. The van der Waals surface area contributed by atoms with Crippen LogP contribution in [-0.4, -0.2) is 37.2 Å². The van der Waals surface area contributed by atoms with E-state index in [-0.39, 0.29) is 31.1 Å². The molecule has 0 saturated heterocycles. The van der Waals surface area contributed by atoms with Crippen molar-refractivity contribution >= 4 is 17.9 Å². The second kappa shape index (κ2) is 69.1. The summed E-state index contributed by atoms with van der Waals surface area (Å²) in [6.45, 7) is 6.57. The van der Waals surface area contributed by atoms with E-state index in [0.29, 0.717) is 19.3 Å². The van der Waals surface area contributed by atoms with Gasteiger partial charge in [-0.05, 0) is 96.3 Å². The summed E-state index contributed by atoms with van der Waals surface area (Å²) in [7, 11) is 0. The van der Waals surface area contributed by atoms with Crippen LogP contribution in [0.5, 0.6) is 0 Å². The molecule has 0 saturated carbocycles. The molecule has 0 aromatic heterocycles. The molecule has 0 aromatic carbocycles. The second-order valence-corrected chi connectivity index (χ2v) is 23.4. The first-order valence-electron chi connectivity index (χ1n) is 35.1. The van der Waals surface area contributed by atoms with Gasteiger partial charge >= 0.3 is 17.9 Å². The number of ether oxygens (including phenoxy) is 3. The summed E-state index contributed by atoms with van der Waals surface area (Å²) >= 11 is 0. The Morgan fingerprint density at radius 3 is 0.765 bits per heavy atom. The summed E-state index contributed by atoms with van der Waals surface area (Å²) in [5.74, 6) is -0.862. The molecule has 0 fully saturated rings. The fraction of sp³-hybridized carbons (Fsp3) is 0.773. The maximum Gasteiger partial charge on any atom is 0.306 e. The summed E-state index contributed by atoms with van der Waals surface area (Å²) in [6.07, 6.45) is 91.7. The predicted octanol–water partition coefficient (Wildman–Crippen LogP) is 24.2. The van der Waals surface area contributed by atoms with Crippen molar-refractivity contribution in [2.24, 2.45) is 0 Å². The second-order valence-electron chi connectivity index (χ2n) is 23.4. The van der Waals surface area contributed by atoms with Crippen LogP contribution in [0.4, 0.5) is 0 Å². The largest absolute Gasteiger partial charge is 0.462 e. The molecule has 81 heavy (non-hydrogen) atoms. The molecule has 0 spiro atoms. The average Bonchev–Trinajstić information content (AvgIpc) is 3.46. The summed E-state index contributed by atoms with van der Waals surface area (Å²) in [4.78, 5) is 38.4. The van der Waals surface area contributed by atoms with E-state index in [1.807, 2.05) is 0 Å². The van der Waals surface area contributed by atoms with Gasteiger partial charge in [0.1, 0.15) is 13.2 Å². The van der Waals surface area contributed by atoms with Gasteiger partial charge in [0.05, 0.1) is 0 Å². The minimum Gasteiger partial charge on any atom is -0.462 e. The topological polar surface area (TPSA) is 78.9 Å². The number of carbonyl (C=O) groups excluding carboxylic acids is 3. The van der Waals surface area contributed by atoms with E-state index in [1.54, 1.807) is 0 Å². The smallest absolute Gasteiger partial charge is 0.306 e. The van der Waals surface area contributed by atoms with Gasteiger partial charge in [-0.2, -0.15) is 0 Å². The molecule has 1 unspecified atom stereocenters. The Hall–Kier alpha value is -3.41. The van der Waals surface area contributed by atoms with Gasteiger partial charge in [-0.15, -0.1) is 0 Å². The minimum atomic E-state index is -0.779. The number of allylic oxidation sites excluding steroid dienone is 14. The van der Waals surface area contributed by atoms with Gasteiger partial charge < -0.3 is 14.2 Å². The van der Waals surface area contributed by atoms with Crippen LogP contribution in [0.3, 0.4) is 0 Å². The molecule has 0 radical (unpaired) electrons. The van der Waals surface area contributed by atoms with E-state index in [4.69, 9.17) is 14.2 Å². The maximum absolute atomic E-state index is 12.9. The number of carbonyl (C=O) groups is 3. The molecule has 0 amide bonds. The molecular weight excluding hydrogens is 997 g/mol. The zero-order chi connectivity index (χ0) is 58.5. The SMILES string of the molecule is CC/C=C\C/C=C\C/C=C\C/C=C\C/C=C\C/C=C\CCCCCCCCCCCCC(=O)OCC(COC(=O)CCCCCCCCCCCCCCC)OC(=O)CCCCCCCCCCC/C=C\CCCCCCCCCC. The normalized spacial score (nSPS) is 12.6. The average molecular weight is 1130 g/mol. The molecule has 0 aromatic rings. The van der Waals surface area contributed by atoms with Crippen molar-refractivity contribution in [1.29, 1.82) is 0 Å². The first kappa shape index (κ1) is 77.6. The van der Waals surface area contributed by atoms with E-state index in [9.17, 15) is 14.4 Å². The van der Waals surface area contributed by atoms with Gasteiger partial charge in [-0.1, -0.05) is 324 Å². The van der Waals surface area contributed by atoms with Crippen LogP contribution in [0.1, 0.15) is 355 Å². The summed E-state index contributed by atoms with van der Waals surface area (Å²) in [5, 5.41) is 0. The number of unbranched alkanes of at least 4 members (excludes halogenated alkanes) is 39. The molecule has 6 nitrogen and oxygen atoms in total. The Morgan fingerprint density at radius 1 is 0.259 bits per heavy atom. The first-order valence-corrected chi connectivity index (χ1v) is 35.1. The molecular formula is C75H132O6. The lowest BCUT2D eigenvalue weighted by Crippen LogP contribution is -2.30. The van der Waals surface area contributed by atoms with Crippen molar-refractivity contribution < 1.29 is 28.6 Å². The van der Waals surface area contributed by atoms with E-state index < -0.39 is 6.10 Å². The zero-order valence-electron chi connectivity index (χ0n) is 53.8. The highest BCUT2D eigenvalue weighted by Crippen LogP contribution is 2.17. The molecule has 0 heterocycles. The van der Waals surface area contributed by atoms with Crippen LogP contribution in [0.25, 0.3) is 0 Å². The summed E-state index contributed by atoms with van der Waals surface area (Å²) in [6, 6.07) is 0. The lowest BCUT2D eigenvalue weighted by molar-refractivity contribution is -0.167. The Balaban J connectivity index is 4.28. The summed E-state index contributed by atoms with van der Waals surface area (Å²) < 4.78 is 17.0. The monoisotopic (exact) mass is 1130 g/mol. The molecule has 1 atom stereocenters. The molecule has 468 valence electrons. The standard InChI is InChI=1S/C75H132O6/c1-4-7-10-13-16-19-22-25-27-29-31-33-34-35-36-37-38-39-40-42-43-45-47-50-53-56-59-62-65-68-74(77)80-71-72(70-79-73(76)67-64-61-58-55-52-49-24-21-18-15-12-9-6-3)81-75(78)69-66-63-60-57-54-51-48-46-44-41-32-30-28-26-23-20-17-14-11-8-5-2/h7,10,16,19,25,27,30-33,35-36,38-39,72H,4-6,8-9,11-15,17-18,20-24,26,28-29,34,37,40-71H2,1-3H3/b10-7-,19-16-,27-25-,32-30-,33-31-,36-35-,39-38-. The van der Waals surface area contributed by atoms with E-state index in [1.165, 1.54) is 218 Å². The third-order valence-corrected chi connectivity index (χ3v) is 15.4. The maximum atomic E-state index is 12.9. The van der Waals surface area contributed by atoms with Gasteiger partial charge in [0, 0.05) is 19.3 Å². The van der Waals surface area contributed by atoms with Crippen LogP contribution in [0.2, 0.25) is 0 Å². The lowest BCUT2D eigenvalue weighted by atomic mass is 10.0. The van der Waals surface area contributed by atoms with Gasteiger partial charge in [-0.25, -0.2) is 0 Å². The highest BCUT2D eigenvalue weighted by molar-refractivity contribution is 5.71. The number of esters is 3. The Morgan fingerprint density at radius 2 is 0.481 bits per heavy atom. The quantitative estimate of drug-likeness (QED) is 0.0261. The van der Waals surface area contributed by atoms with Crippen molar-refractivity contribution in [3.05, 3.63) is 85.1 Å². The Bertz CT molecular complexity index is 1530. The van der Waals surface area contributed by atoms with Gasteiger partial charge in [0.25, 0.3) is 0 Å². The van der Waals surface area contributed by atoms with Crippen molar-refractivity contribution in [3.8, 4) is 0 Å². The van der Waals surface area contributed by atoms with Crippen molar-refractivity contribution in [2.75, 3.05) is 13.2 Å². The molecule has 0 aliphatic carbocycles. The lowest BCUT2D eigenvalue weighted by Gasteiger charge is -2.18. The van der Waals surface area contributed by atoms with Gasteiger partial charge in [0.15, 0.2) is 6.10 Å². The van der Waals surface area contributed by atoms with Crippen molar-refractivity contribution in [2.45, 2.75) is 361 Å². The van der Waals surface area contributed by atoms with Gasteiger partial charge in [0.2, 0.25) is 0 Å². The molecule has 6 heteroatoms. The van der Waals surface area contributed by atoms with Crippen LogP contribution >= 0.6 is 0 Å². The first-order chi connectivity index (χ1) is 40.0. The van der Waals surface area contributed by atoms with Crippen LogP contribution in [-0.2, 0) is 28.6 Å².